The van der Waals surface area contributed by atoms with Gasteiger partial charge in [0.05, 0.1) is 7.11 Å². The summed E-state index contributed by atoms with van der Waals surface area (Å²) in [6.07, 6.45) is 2.13. The van der Waals surface area contributed by atoms with Gasteiger partial charge in [0.2, 0.25) is 0 Å². The Morgan fingerprint density at radius 2 is 1.94 bits per heavy atom. The van der Waals surface area contributed by atoms with E-state index in [2.05, 4.69) is 27.9 Å². The molecule has 0 spiro atoms. The van der Waals surface area contributed by atoms with Crippen molar-refractivity contribution >= 4 is 63.5 Å². The predicted octanol–water partition coefficient (Wildman–Crippen LogP) is 6.74. The van der Waals surface area contributed by atoms with Crippen LogP contribution < -0.4 is 10.1 Å². The summed E-state index contributed by atoms with van der Waals surface area (Å²) in [4.78, 5) is 12.6. The van der Waals surface area contributed by atoms with Crippen LogP contribution in [0.5, 0.6) is 5.75 Å². The molecule has 4 nitrogen and oxygen atoms in total. The number of methoxy groups -OCH3 is 1. The molecule has 156 valence electrons. The Morgan fingerprint density at radius 1 is 1.16 bits per heavy atom. The summed E-state index contributed by atoms with van der Waals surface area (Å²) in [6, 6.07) is 20.1. The smallest absolute Gasteiger partial charge is 0.266 e. The SMILES string of the molecule is COc1cc(/C=C(\C#N)C(=O)Nc2cccc(Cl)c2)cc(I)c1Cc1ccccc1Cl. The zero-order valence-corrected chi connectivity index (χ0v) is 20.1. The normalized spacial score (nSPS) is 11.0. The predicted molar refractivity (Wildman–Crippen MR) is 134 cm³/mol. The third-order valence-corrected chi connectivity index (χ3v) is 6.05. The minimum Gasteiger partial charge on any atom is -0.496 e. The average molecular weight is 563 g/mol. The van der Waals surface area contributed by atoms with Crippen molar-refractivity contribution in [2.24, 2.45) is 0 Å². The van der Waals surface area contributed by atoms with Crippen molar-refractivity contribution in [2.45, 2.75) is 6.42 Å². The van der Waals surface area contributed by atoms with E-state index in [9.17, 15) is 10.1 Å². The fourth-order valence-corrected chi connectivity index (χ4v) is 4.19. The maximum Gasteiger partial charge on any atom is 0.266 e. The number of anilines is 1. The van der Waals surface area contributed by atoms with E-state index in [1.165, 1.54) is 6.08 Å². The molecule has 3 aromatic rings. The number of nitrogens with zero attached hydrogens (tertiary/aromatic N) is 1. The highest BCUT2D eigenvalue weighted by Crippen LogP contribution is 2.31. The van der Waals surface area contributed by atoms with Crippen LogP contribution in [-0.4, -0.2) is 13.0 Å². The topological polar surface area (TPSA) is 62.1 Å². The molecule has 0 heterocycles. The van der Waals surface area contributed by atoms with Crippen LogP contribution in [0.1, 0.15) is 16.7 Å². The summed E-state index contributed by atoms with van der Waals surface area (Å²) in [5.41, 5.74) is 3.14. The fraction of sp³-hybridized carbons (Fsp3) is 0.0833. The number of nitrogens with one attached hydrogen (secondary N) is 1. The van der Waals surface area contributed by atoms with E-state index in [0.717, 1.165) is 14.7 Å². The van der Waals surface area contributed by atoms with Gasteiger partial charge in [-0.05, 0) is 76.2 Å². The molecular formula is C24H17Cl2IN2O2. The molecule has 0 fully saturated rings. The van der Waals surface area contributed by atoms with Crippen LogP contribution >= 0.6 is 45.8 Å². The van der Waals surface area contributed by atoms with Crippen molar-refractivity contribution in [3.05, 3.63) is 96.5 Å². The molecule has 0 atom stereocenters. The van der Waals surface area contributed by atoms with Crippen molar-refractivity contribution < 1.29 is 9.53 Å². The number of hydrogen-bond acceptors (Lipinski definition) is 3. The second-order valence-electron chi connectivity index (χ2n) is 6.59. The quantitative estimate of drug-likeness (QED) is 0.205. The Labute approximate surface area is 204 Å². The van der Waals surface area contributed by atoms with Crippen molar-refractivity contribution in [3.8, 4) is 11.8 Å². The molecule has 0 aromatic heterocycles. The molecule has 7 heteroatoms. The van der Waals surface area contributed by atoms with Crippen LogP contribution in [-0.2, 0) is 11.2 Å². The van der Waals surface area contributed by atoms with E-state index in [1.807, 2.05) is 36.4 Å². The summed E-state index contributed by atoms with van der Waals surface area (Å²) < 4.78 is 6.53. The number of amides is 1. The summed E-state index contributed by atoms with van der Waals surface area (Å²) in [7, 11) is 1.59. The van der Waals surface area contributed by atoms with Gasteiger partial charge in [-0.1, -0.05) is 47.5 Å². The van der Waals surface area contributed by atoms with Gasteiger partial charge in [0.25, 0.3) is 5.91 Å². The van der Waals surface area contributed by atoms with E-state index < -0.39 is 5.91 Å². The first-order valence-corrected chi connectivity index (χ1v) is 11.0. The second-order valence-corrected chi connectivity index (χ2v) is 8.59. The Kier molecular flexibility index (Phi) is 7.97. The monoisotopic (exact) mass is 562 g/mol. The van der Waals surface area contributed by atoms with Gasteiger partial charge in [-0.25, -0.2) is 0 Å². The van der Waals surface area contributed by atoms with Gasteiger partial charge in [-0.15, -0.1) is 0 Å². The van der Waals surface area contributed by atoms with Gasteiger partial charge in [0, 0.05) is 31.3 Å². The molecule has 0 aliphatic carbocycles. The average Bonchev–Trinajstić information content (AvgIpc) is 2.74. The van der Waals surface area contributed by atoms with Crippen LogP contribution in [0.25, 0.3) is 6.08 Å². The Bertz CT molecular complexity index is 1200. The summed E-state index contributed by atoms with van der Waals surface area (Å²) in [5, 5.41) is 13.4. The summed E-state index contributed by atoms with van der Waals surface area (Å²) in [5.74, 6) is 0.143. The molecule has 0 radical (unpaired) electrons. The molecule has 0 saturated carbocycles. The lowest BCUT2D eigenvalue weighted by molar-refractivity contribution is -0.112. The zero-order valence-electron chi connectivity index (χ0n) is 16.5. The summed E-state index contributed by atoms with van der Waals surface area (Å²) in [6.45, 7) is 0. The number of ether oxygens (including phenoxy) is 1. The largest absolute Gasteiger partial charge is 0.496 e. The Hall–Kier alpha value is -2.53. The first-order valence-electron chi connectivity index (χ1n) is 9.19. The molecule has 31 heavy (non-hydrogen) atoms. The lowest BCUT2D eigenvalue weighted by Crippen LogP contribution is -2.13. The minimum atomic E-state index is -0.515. The van der Waals surface area contributed by atoms with Crippen molar-refractivity contribution in [1.82, 2.24) is 0 Å². The van der Waals surface area contributed by atoms with Crippen LogP contribution in [0.15, 0.2) is 66.2 Å². The third kappa shape index (κ3) is 6.01. The zero-order chi connectivity index (χ0) is 22.4. The van der Waals surface area contributed by atoms with Crippen molar-refractivity contribution in [1.29, 1.82) is 5.26 Å². The lowest BCUT2D eigenvalue weighted by Gasteiger charge is -2.13. The number of carbonyl (C=O) groups excluding carboxylic acids is 1. The van der Waals surface area contributed by atoms with E-state index in [1.54, 1.807) is 37.4 Å². The Morgan fingerprint density at radius 3 is 2.61 bits per heavy atom. The number of rotatable bonds is 6. The van der Waals surface area contributed by atoms with E-state index >= 15 is 0 Å². The van der Waals surface area contributed by atoms with E-state index in [-0.39, 0.29) is 5.57 Å². The van der Waals surface area contributed by atoms with Gasteiger partial charge in [0.1, 0.15) is 17.4 Å². The van der Waals surface area contributed by atoms with Crippen LogP contribution in [0.4, 0.5) is 5.69 Å². The highest BCUT2D eigenvalue weighted by atomic mass is 127. The van der Waals surface area contributed by atoms with Gasteiger partial charge in [-0.2, -0.15) is 5.26 Å². The van der Waals surface area contributed by atoms with Crippen molar-refractivity contribution in [2.75, 3.05) is 12.4 Å². The first kappa shape index (κ1) is 23.1. The Balaban J connectivity index is 1.90. The van der Waals surface area contributed by atoms with Crippen molar-refractivity contribution in [3.63, 3.8) is 0 Å². The fourth-order valence-electron chi connectivity index (χ4n) is 2.98. The molecule has 0 aliphatic rings. The number of carbonyl (C=O) groups is 1. The molecule has 3 aromatic carbocycles. The first-order chi connectivity index (χ1) is 14.9. The van der Waals surface area contributed by atoms with Gasteiger partial charge in [-0.3, -0.25) is 4.79 Å². The maximum atomic E-state index is 12.6. The molecule has 1 amide bonds. The number of halogens is 3. The molecule has 0 aliphatic heterocycles. The highest BCUT2D eigenvalue weighted by molar-refractivity contribution is 14.1. The lowest BCUT2D eigenvalue weighted by atomic mass is 10.0. The van der Waals surface area contributed by atoms with E-state index in [0.29, 0.717) is 33.5 Å². The summed E-state index contributed by atoms with van der Waals surface area (Å²) >= 11 is 14.5. The molecule has 0 saturated heterocycles. The number of nitriles is 1. The number of hydrogen-bond donors (Lipinski definition) is 1. The maximum absolute atomic E-state index is 12.6. The van der Waals surface area contributed by atoms with E-state index in [4.69, 9.17) is 27.9 Å². The van der Waals surface area contributed by atoms with Crippen LogP contribution in [0.2, 0.25) is 10.0 Å². The second kappa shape index (κ2) is 10.7. The molecular weight excluding hydrogens is 546 g/mol. The molecule has 0 bridgehead atoms. The molecule has 1 N–H and O–H groups in total. The highest BCUT2D eigenvalue weighted by Gasteiger charge is 2.14. The number of benzene rings is 3. The minimum absolute atomic E-state index is 0.0308. The van der Waals surface area contributed by atoms with Crippen LogP contribution in [0, 0.1) is 14.9 Å². The third-order valence-electron chi connectivity index (χ3n) is 4.48. The molecule has 0 unspecified atom stereocenters. The van der Waals surface area contributed by atoms with Crippen LogP contribution in [0.3, 0.4) is 0 Å². The van der Waals surface area contributed by atoms with Gasteiger partial charge < -0.3 is 10.1 Å². The van der Waals surface area contributed by atoms with Gasteiger partial charge in [0.15, 0.2) is 0 Å². The standard InChI is InChI=1S/C24H17Cl2IN2O2/c1-31-23-11-15(10-22(27)20(23)12-16-5-2-3-8-21(16)26)9-17(14-28)24(30)29-19-7-4-6-18(25)13-19/h2-11,13H,12H2,1H3,(H,29,30)/b17-9+. The molecule has 3 rings (SSSR count). The van der Waals surface area contributed by atoms with Gasteiger partial charge >= 0.3 is 0 Å².